The normalized spacial score (nSPS) is 10.8. The van der Waals surface area contributed by atoms with Gasteiger partial charge >= 0.3 is 0 Å². The summed E-state index contributed by atoms with van der Waals surface area (Å²) in [6, 6.07) is 15.9. The van der Waals surface area contributed by atoms with Crippen LogP contribution in [-0.2, 0) is 13.2 Å². The molecular weight excluding hydrogens is 294 g/mol. The van der Waals surface area contributed by atoms with E-state index in [2.05, 4.69) is 6.07 Å². The van der Waals surface area contributed by atoms with Gasteiger partial charge < -0.3 is 16.2 Å². The lowest BCUT2D eigenvalue weighted by atomic mass is 10.1. The van der Waals surface area contributed by atoms with Crippen LogP contribution >= 0.6 is 11.3 Å². The number of nitrogens with two attached hydrogens (primary N) is 2. The molecular formula is C17H17N3OS. The highest BCUT2D eigenvalue weighted by Crippen LogP contribution is 2.29. The van der Waals surface area contributed by atoms with Crippen LogP contribution in [0.1, 0.15) is 16.0 Å². The Morgan fingerprint density at radius 1 is 1.09 bits per heavy atom. The zero-order valence-electron chi connectivity index (χ0n) is 12.0. The van der Waals surface area contributed by atoms with Crippen LogP contribution in [0.25, 0.3) is 10.1 Å². The van der Waals surface area contributed by atoms with Crippen molar-refractivity contribution in [3.05, 3.63) is 64.5 Å². The molecule has 2 aromatic carbocycles. The van der Waals surface area contributed by atoms with Crippen molar-refractivity contribution in [3.63, 3.8) is 0 Å². The molecule has 22 heavy (non-hydrogen) atoms. The van der Waals surface area contributed by atoms with Gasteiger partial charge in [-0.1, -0.05) is 24.3 Å². The summed E-state index contributed by atoms with van der Waals surface area (Å²) in [7, 11) is 0. The van der Waals surface area contributed by atoms with E-state index in [1.165, 1.54) is 11.3 Å². The van der Waals surface area contributed by atoms with E-state index in [0.717, 1.165) is 31.8 Å². The Hall–Kier alpha value is -2.37. The molecule has 3 aromatic rings. The summed E-state index contributed by atoms with van der Waals surface area (Å²) in [5.74, 6) is 0.907. The molecule has 0 aliphatic rings. The zero-order valence-corrected chi connectivity index (χ0v) is 12.8. The molecule has 0 spiro atoms. The van der Waals surface area contributed by atoms with E-state index in [1.807, 2.05) is 42.5 Å². The Labute approximate surface area is 132 Å². The monoisotopic (exact) mass is 311 g/mol. The van der Waals surface area contributed by atoms with Crippen molar-refractivity contribution in [2.75, 3.05) is 0 Å². The fourth-order valence-electron chi connectivity index (χ4n) is 2.25. The Morgan fingerprint density at radius 3 is 2.68 bits per heavy atom. The third-order valence-corrected chi connectivity index (χ3v) is 4.52. The van der Waals surface area contributed by atoms with E-state index in [1.54, 1.807) is 0 Å². The molecule has 1 heterocycles. The predicted molar refractivity (Wildman–Crippen MR) is 91.5 cm³/mol. The molecule has 0 bridgehead atoms. The van der Waals surface area contributed by atoms with Gasteiger partial charge in [0.25, 0.3) is 0 Å². The minimum atomic E-state index is 0.0993. The lowest BCUT2D eigenvalue weighted by Gasteiger charge is -2.07. The summed E-state index contributed by atoms with van der Waals surface area (Å²) in [6.45, 7) is 1.03. The average molecular weight is 311 g/mol. The van der Waals surface area contributed by atoms with E-state index in [4.69, 9.17) is 21.6 Å². The molecule has 0 saturated carbocycles. The third kappa shape index (κ3) is 3.10. The van der Waals surface area contributed by atoms with E-state index >= 15 is 0 Å². The van der Waals surface area contributed by atoms with Crippen molar-refractivity contribution in [2.24, 2.45) is 11.5 Å². The van der Waals surface area contributed by atoms with Crippen LogP contribution in [0.5, 0.6) is 5.75 Å². The van der Waals surface area contributed by atoms with Crippen LogP contribution < -0.4 is 16.2 Å². The molecule has 0 aliphatic carbocycles. The van der Waals surface area contributed by atoms with Crippen LogP contribution in [0.4, 0.5) is 0 Å². The summed E-state index contributed by atoms with van der Waals surface area (Å²) >= 11 is 1.50. The topological polar surface area (TPSA) is 85.1 Å². The summed E-state index contributed by atoms with van der Waals surface area (Å²) in [5, 5.41) is 8.58. The van der Waals surface area contributed by atoms with Crippen molar-refractivity contribution in [1.82, 2.24) is 0 Å². The molecule has 0 unspecified atom stereocenters. The fraction of sp³-hybridized carbons (Fsp3) is 0.118. The predicted octanol–water partition coefficient (Wildman–Crippen LogP) is 3.22. The van der Waals surface area contributed by atoms with Gasteiger partial charge in [0.1, 0.15) is 18.2 Å². The molecule has 0 fully saturated rings. The Kier molecular flexibility index (Phi) is 4.09. The quantitative estimate of drug-likeness (QED) is 0.499. The van der Waals surface area contributed by atoms with E-state index in [-0.39, 0.29) is 5.84 Å². The lowest BCUT2D eigenvalue weighted by molar-refractivity contribution is 0.306. The van der Waals surface area contributed by atoms with Crippen LogP contribution in [-0.4, -0.2) is 5.84 Å². The molecule has 5 N–H and O–H groups in total. The number of rotatable bonds is 5. The first-order chi connectivity index (χ1) is 10.7. The van der Waals surface area contributed by atoms with E-state index in [0.29, 0.717) is 13.2 Å². The van der Waals surface area contributed by atoms with Gasteiger partial charge in [-0.05, 0) is 40.8 Å². The van der Waals surface area contributed by atoms with Gasteiger partial charge in [0, 0.05) is 11.2 Å². The summed E-state index contributed by atoms with van der Waals surface area (Å²) < 4.78 is 6.92. The first kappa shape index (κ1) is 14.6. The standard InChI is InChI=1S/C17H17N3OS/c18-9-11-2-1-3-12(6-11)10-21-14-5-4-13-7-16(17(19)20)22-15(13)8-14/h1-8H,9-10,18H2,(H3,19,20). The van der Waals surface area contributed by atoms with E-state index < -0.39 is 0 Å². The molecule has 0 aliphatic heterocycles. The van der Waals surface area contributed by atoms with E-state index in [9.17, 15) is 0 Å². The highest BCUT2D eigenvalue weighted by molar-refractivity contribution is 7.20. The number of fused-ring (bicyclic) bond motifs is 1. The summed E-state index contributed by atoms with van der Waals surface area (Å²) in [5.41, 5.74) is 13.4. The second-order valence-corrected chi connectivity index (χ2v) is 6.12. The molecule has 0 amide bonds. The summed E-state index contributed by atoms with van der Waals surface area (Å²) in [6.07, 6.45) is 0. The van der Waals surface area contributed by atoms with Crippen LogP contribution in [0.2, 0.25) is 0 Å². The van der Waals surface area contributed by atoms with Crippen molar-refractivity contribution >= 4 is 27.3 Å². The first-order valence-corrected chi connectivity index (χ1v) is 7.76. The number of benzene rings is 2. The Morgan fingerprint density at radius 2 is 1.91 bits per heavy atom. The number of nitrogen functional groups attached to an aromatic ring is 1. The maximum absolute atomic E-state index is 7.50. The van der Waals surface area contributed by atoms with Crippen molar-refractivity contribution in [2.45, 2.75) is 13.2 Å². The van der Waals surface area contributed by atoms with Crippen LogP contribution in [0, 0.1) is 5.41 Å². The maximum Gasteiger partial charge on any atom is 0.133 e. The van der Waals surface area contributed by atoms with Crippen LogP contribution in [0.15, 0.2) is 48.5 Å². The van der Waals surface area contributed by atoms with Gasteiger partial charge in [-0.3, -0.25) is 5.41 Å². The second-order valence-electron chi connectivity index (χ2n) is 5.04. The minimum Gasteiger partial charge on any atom is -0.489 e. The molecule has 0 saturated heterocycles. The number of ether oxygens (including phenoxy) is 1. The van der Waals surface area contributed by atoms with Gasteiger partial charge in [-0.2, -0.15) is 0 Å². The molecule has 1 aromatic heterocycles. The smallest absolute Gasteiger partial charge is 0.133 e. The molecule has 0 radical (unpaired) electrons. The highest BCUT2D eigenvalue weighted by Gasteiger charge is 2.06. The average Bonchev–Trinajstić information content (AvgIpc) is 2.96. The number of hydrogen-bond acceptors (Lipinski definition) is 4. The fourth-order valence-corrected chi connectivity index (χ4v) is 3.20. The molecule has 112 valence electrons. The number of hydrogen-bond donors (Lipinski definition) is 3. The molecule has 5 heteroatoms. The number of amidine groups is 1. The SMILES string of the molecule is N=C(N)c1cc2ccc(OCc3cccc(CN)c3)cc2s1. The maximum atomic E-state index is 7.50. The van der Waals surface area contributed by atoms with Crippen molar-refractivity contribution in [3.8, 4) is 5.75 Å². The van der Waals surface area contributed by atoms with Crippen molar-refractivity contribution in [1.29, 1.82) is 5.41 Å². The number of thiophene rings is 1. The van der Waals surface area contributed by atoms with Gasteiger partial charge in [0.15, 0.2) is 0 Å². The largest absolute Gasteiger partial charge is 0.489 e. The van der Waals surface area contributed by atoms with Gasteiger partial charge in [0.2, 0.25) is 0 Å². The zero-order chi connectivity index (χ0) is 15.5. The molecule has 3 rings (SSSR count). The number of nitrogens with one attached hydrogen (secondary N) is 1. The van der Waals surface area contributed by atoms with Crippen molar-refractivity contribution < 1.29 is 4.74 Å². The Bertz CT molecular complexity index is 826. The molecule has 4 nitrogen and oxygen atoms in total. The van der Waals surface area contributed by atoms with Crippen LogP contribution in [0.3, 0.4) is 0 Å². The Balaban J connectivity index is 1.77. The van der Waals surface area contributed by atoms with Gasteiger partial charge in [-0.15, -0.1) is 11.3 Å². The first-order valence-electron chi connectivity index (χ1n) is 6.94. The third-order valence-electron chi connectivity index (χ3n) is 3.39. The summed E-state index contributed by atoms with van der Waals surface area (Å²) in [4.78, 5) is 0.780. The highest BCUT2D eigenvalue weighted by atomic mass is 32.1. The second kappa shape index (κ2) is 6.17. The molecule has 0 atom stereocenters. The lowest BCUT2D eigenvalue weighted by Crippen LogP contribution is -2.08. The minimum absolute atomic E-state index is 0.0993. The van der Waals surface area contributed by atoms with Gasteiger partial charge in [0.05, 0.1) is 4.88 Å². The van der Waals surface area contributed by atoms with Gasteiger partial charge in [-0.25, -0.2) is 0 Å².